The van der Waals surface area contributed by atoms with Gasteiger partial charge in [0, 0.05) is 31.7 Å². The normalized spacial score (nSPS) is 16.8. The Morgan fingerprint density at radius 2 is 2.00 bits per heavy atom. The van der Waals surface area contributed by atoms with Crippen LogP contribution in [-0.4, -0.2) is 58.8 Å². The number of carbonyl (C=O) groups excluding carboxylic acids is 1. The zero-order valence-electron chi connectivity index (χ0n) is 15.6. The maximum atomic E-state index is 12.9. The fourth-order valence-corrected chi connectivity index (χ4v) is 3.02. The fourth-order valence-electron chi connectivity index (χ4n) is 3.02. The summed E-state index contributed by atoms with van der Waals surface area (Å²) in [5, 5.41) is 3.83. The van der Waals surface area contributed by atoms with E-state index in [0.717, 1.165) is 12.1 Å². The third kappa shape index (κ3) is 4.44. The molecule has 1 saturated heterocycles. The monoisotopic (exact) mass is 398 g/mol. The summed E-state index contributed by atoms with van der Waals surface area (Å²) in [7, 11) is 0. The van der Waals surface area contributed by atoms with Crippen molar-refractivity contribution >= 4 is 6.09 Å². The van der Waals surface area contributed by atoms with E-state index in [1.165, 1.54) is 12.1 Å². The number of amides is 1. The van der Waals surface area contributed by atoms with Crippen LogP contribution in [0.4, 0.5) is 18.0 Å². The van der Waals surface area contributed by atoms with Gasteiger partial charge in [-0.3, -0.25) is 4.90 Å². The molecule has 1 fully saturated rings. The summed E-state index contributed by atoms with van der Waals surface area (Å²) < 4.78 is 48.9. The first-order valence-electron chi connectivity index (χ1n) is 8.96. The molecule has 0 bridgehead atoms. The van der Waals surface area contributed by atoms with E-state index in [1.54, 1.807) is 11.8 Å². The molecule has 1 atom stereocenters. The SMILES string of the molecule is CCOC(=O)N1CCN(C(C)c2nc(-c3cccc(C(F)(F)F)c3)no2)CC1. The number of benzene rings is 1. The molecule has 10 heteroatoms. The molecular weight excluding hydrogens is 377 g/mol. The second-order valence-corrected chi connectivity index (χ2v) is 6.43. The number of rotatable bonds is 4. The molecular formula is C18H21F3N4O3. The standard InChI is InChI=1S/C18H21F3N4O3/c1-3-27-17(26)25-9-7-24(8-10-25)12(2)16-22-15(23-28-16)13-5-4-6-14(11-13)18(19,20)21/h4-6,11-12H,3,7-10H2,1-2H3. The van der Waals surface area contributed by atoms with Gasteiger partial charge < -0.3 is 14.2 Å². The molecule has 152 valence electrons. The third-order valence-corrected chi connectivity index (χ3v) is 4.64. The van der Waals surface area contributed by atoms with Crippen LogP contribution in [0.3, 0.4) is 0 Å². The molecule has 1 aliphatic rings. The van der Waals surface area contributed by atoms with E-state index in [1.807, 2.05) is 6.92 Å². The van der Waals surface area contributed by atoms with Crippen molar-refractivity contribution in [2.45, 2.75) is 26.1 Å². The van der Waals surface area contributed by atoms with Crippen molar-refractivity contribution in [1.29, 1.82) is 0 Å². The van der Waals surface area contributed by atoms with Crippen molar-refractivity contribution in [1.82, 2.24) is 19.9 Å². The van der Waals surface area contributed by atoms with Gasteiger partial charge in [0.1, 0.15) is 0 Å². The molecule has 0 aliphatic carbocycles. The molecule has 0 N–H and O–H groups in total. The largest absolute Gasteiger partial charge is 0.450 e. The number of nitrogens with zero attached hydrogens (tertiary/aromatic N) is 4. The average Bonchev–Trinajstić information content (AvgIpc) is 3.17. The molecule has 2 heterocycles. The van der Waals surface area contributed by atoms with Gasteiger partial charge >= 0.3 is 12.3 Å². The topological polar surface area (TPSA) is 71.7 Å². The highest BCUT2D eigenvalue weighted by atomic mass is 19.4. The minimum absolute atomic E-state index is 0.109. The maximum Gasteiger partial charge on any atom is 0.416 e. The van der Waals surface area contributed by atoms with Crippen molar-refractivity contribution in [2.24, 2.45) is 0 Å². The number of alkyl halides is 3. The number of halogens is 3. The fraction of sp³-hybridized carbons (Fsp3) is 0.500. The maximum absolute atomic E-state index is 12.9. The van der Waals surface area contributed by atoms with Crippen molar-refractivity contribution in [3.05, 3.63) is 35.7 Å². The second kappa shape index (κ2) is 8.17. The Hall–Kier alpha value is -2.62. The highest BCUT2D eigenvalue weighted by Crippen LogP contribution is 2.32. The summed E-state index contributed by atoms with van der Waals surface area (Å²) in [5.41, 5.74) is -0.524. The molecule has 0 saturated carbocycles. The van der Waals surface area contributed by atoms with Gasteiger partial charge in [0.05, 0.1) is 18.2 Å². The van der Waals surface area contributed by atoms with Crippen LogP contribution in [-0.2, 0) is 10.9 Å². The molecule has 1 amide bonds. The van der Waals surface area contributed by atoms with Crippen LogP contribution in [0.2, 0.25) is 0 Å². The third-order valence-electron chi connectivity index (χ3n) is 4.64. The molecule has 3 rings (SSSR count). The molecule has 0 radical (unpaired) electrons. The average molecular weight is 398 g/mol. The van der Waals surface area contributed by atoms with Crippen LogP contribution in [0.25, 0.3) is 11.4 Å². The molecule has 1 unspecified atom stereocenters. The Labute approximate surface area is 160 Å². The molecule has 0 spiro atoms. The summed E-state index contributed by atoms with van der Waals surface area (Å²) in [6.45, 7) is 6.19. The molecule has 7 nitrogen and oxygen atoms in total. The molecule has 1 aromatic carbocycles. The van der Waals surface area contributed by atoms with Gasteiger partial charge in [0.15, 0.2) is 0 Å². The first kappa shape index (κ1) is 20.1. The lowest BCUT2D eigenvalue weighted by Gasteiger charge is -2.36. The lowest BCUT2D eigenvalue weighted by atomic mass is 10.1. The molecule has 1 aromatic heterocycles. The van der Waals surface area contributed by atoms with Crippen LogP contribution < -0.4 is 0 Å². The number of carbonyl (C=O) groups is 1. The number of aromatic nitrogens is 2. The van der Waals surface area contributed by atoms with Gasteiger partial charge in [-0.1, -0.05) is 17.3 Å². The first-order chi connectivity index (χ1) is 13.3. The highest BCUT2D eigenvalue weighted by Gasteiger charge is 2.31. The lowest BCUT2D eigenvalue weighted by Crippen LogP contribution is -2.49. The van der Waals surface area contributed by atoms with Crippen LogP contribution >= 0.6 is 0 Å². The van der Waals surface area contributed by atoms with Gasteiger partial charge in [-0.2, -0.15) is 18.2 Å². The van der Waals surface area contributed by atoms with Crippen molar-refractivity contribution < 1.29 is 27.2 Å². The summed E-state index contributed by atoms with van der Waals surface area (Å²) in [6, 6.07) is 4.59. The van der Waals surface area contributed by atoms with Gasteiger partial charge in [-0.05, 0) is 26.0 Å². The molecule has 1 aliphatic heterocycles. The van der Waals surface area contributed by atoms with Crippen LogP contribution in [0, 0.1) is 0 Å². The predicted octanol–water partition coefficient (Wildman–Crippen LogP) is 3.59. The van der Waals surface area contributed by atoms with E-state index in [2.05, 4.69) is 15.0 Å². The number of hydrogen-bond acceptors (Lipinski definition) is 6. The smallest absolute Gasteiger partial charge is 0.416 e. The number of ether oxygens (including phenoxy) is 1. The van der Waals surface area contributed by atoms with E-state index >= 15 is 0 Å². The van der Waals surface area contributed by atoms with Crippen molar-refractivity contribution in [3.63, 3.8) is 0 Å². The van der Waals surface area contributed by atoms with Crippen molar-refractivity contribution in [2.75, 3.05) is 32.8 Å². The molecule has 28 heavy (non-hydrogen) atoms. The minimum Gasteiger partial charge on any atom is -0.450 e. The Kier molecular flexibility index (Phi) is 5.87. The van der Waals surface area contributed by atoms with Gasteiger partial charge in [0.25, 0.3) is 0 Å². The van der Waals surface area contributed by atoms with Gasteiger partial charge in [-0.15, -0.1) is 0 Å². The Morgan fingerprint density at radius 1 is 1.29 bits per heavy atom. The van der Waals surface area contributed by atoms with Crippen molar-refractivity contribution in [3.8, 4) is 11.4 Å². The molecule has 2 aromatic rings. The number of hydrogen-bond donors (Lipinski definition) is 0. The summed E-state index contributed by atoms with van der Waals surface area (Å²) in [4.78, 5) is 19.7. The van der Waals surface area contributed by atoms with E-state index in [9.17, 15) is 18.0 Å². The van der Waals surface area contributed by atoms with Gasteiger partial charge in [0.2, 0.25) is 11.7 Å². The van der Waals surface area contributed by atoms with Gasteiger partial charge in [-0.25, -0.2) is 4.79 Å². The highest BCUT2D eigenvalue weighted by molar-refractivity contribution is 5.67. The summed E-state index contributed by atoms with van der Waals surface area (Å²) in [5.74, 6) is 0.426. The van der Waals surface area contributed by atoms with Crippen LogP contribution in [0.15, 0.2) is 28.8 Å². The Morgan fingerprint density at radius 3 is 2.64 bits per heavy atom. The second-order valence-electron chi connectivity index (χ2n) is 6.43. The minimum atomic E-state index is -4.44. The Bertz CT molecular complexity index is 816. The summed E-state index contributed by atoms with van der Waals surface area (Å²) in [6.07, 6.45) is -4.77. The Balaban J connectivity index is 1.67. The van der Waals surface area contributed by atoms with Crippen LogP contribution in [0.5, 0.6) is 0 Å². The van der Waals surface area contributed by atoms with Crippen LogP contribution in [0.1, 0.15) is 31.3 Å². The quantitative estimate of drug-likeness (QED) is 0.784. The first-order valence-corrected chi connectivity index (χ1v) is 8.96. The van der Waals surface area contributed by atoms with E-state index in [0.29, 0.717) is 38.7 Å². The zero-order valence-corrected chi connectivity index (χ0v) is 15.6. The summed E-state index contributed by atoms with van der Waals surface area (Å²) >= 11 is 0. The van der Waals surface area contributed by atoms with E-state index < -0.39 is 11.7 Å². The lowest BCUT2D eigenvalue weighted by molar-refractivity contribution is -0.137. The number of piperazine rings is 1. The van der Waals surface area contributed by atoms with E-state index in [4.69, 9.17) is 9.26 Å². The van der Waals surface area contributed by atoms with E-state index in [-0.39, 0.29) is 23.5 Å². The predicted molar refractivity (Wildman–Crippen MR) is 93.3 cm³/mol. The zero-order chi connectivity index (χ0) is 20.3.